The molecule has 1 aliphatic rings. The van der Waals surface area contributed by atoms with Gasteiger partial charge < -0.3 is 5.32 Å². The van der Waals surface area contributed by atoms with Crippen LogP contribution in [0.3, 0.4) is 0 Å². The summed E-state index contributed by atoms with van der Waals surface area (Å²) in [5.41, 5.74) is 0. The molecule has 1 rings (SSSR count). The van der Waals surface area contributed by atoms with Crippen LogP contribution in [-0.4, -0.2) is 12.6 Å². The van der Waals surface area contributed by atoms with Crippen molar-refractivity contribution in [3.63, 3.8) is 0 Å². The molecule has 0 spiro atoms. The molecule has 0 amide bonds. The third-order valence-corrected chi connectivity index (χ3v) is 2.31. The monoisotopic (exact) mass is 162 g/mol. The van der Waals surface area contributed by atoms with Crippen molar-refractivity contribution >= 4 is 0 Å². The van der Waals surface area contributed by atoms with Gasteiger partial charge in [0.2, 0.25) is 0 Å². The Labute approximate surface area is 74.0 Å². The van der Waals surface area contributed by atoms with Crippen molar-refractivity contribution in [2.24, 2.45) is 5.92 Å². The highest BCUT2D eigenvalue weighted by atomic mass is 14.9. The summed E-state index contributed by atoms with van der Waals surface area (Å²) >= 11 is 0. The molecule has 1 N–H and O–H groups in total. The van der Waals surface area contributed by atoms with Gasteiger partial charge in [0, 0.05) is 6.04 Å². The molecule has 0 aliphatic heterocycles. The van der Waals surface area contributed by atoms with Crippen LogP contribution in [0, 0.1) is 29.1 Å². The standard InChI is InChI=1S/C10H14N2/c1-2-3-7-12-10-6-4-5-9(10)8-11/h9-10,12H,4-7H2,1H3. The van der Waals surface area contributed by atoms with Crippen molar-refractivity contribution in [2.75, 3.05) is 6.54 Å². The fourth-order valence-electron chi connectivity index (χ4n) is 1.63. The van der Waals surface area contributed by atoms with Crippen molar-refractivity contribution in [2.45, 2.75) is 32.2 Å². The van der Waals surface area contributed by atoms with Crippen LogP contribution >= 0.6 is 0 Å². The molecule has 2 heteroatoms. The number of nitriles is 1. The zero-order valence-electron chi connectivity index (χ0n) is 7.43. The molecule has 0 radical (unpaired) electrons. The average molecular weight is 162 g/mol. The number of rotatable bonds is 2. The maximum absolute atomic E-state index is 8.77. The van der Waals surface area contributed by atoms with Crippen LogP contribution in [0.15, 0.2) is 0 Å². The zero-order chi connectivity index (χ0) is 8.81. The van der Waals surface area contributed by atoms with Gasteiger partial charge in [-0.15, -0.1) is 5.92 Å². The van der Waals surface area contributed by atoms with Gasteiger partial charge in [-0.05, 0) is 19.8 Å². The van der Waals surface area contributed by atoms with Gasteiger partial charge in [-0.3, -0.25) is 0 Å². The molecule has 0 aromatic carbocycles. The first-order valence-electron chi connectivity index (χ1n) is 4.41. The van der Waals surface area contributed by atoms with Crippen LogP contribution in [0.4, 0.5) is 0 Å². The molecule has 0 saturated heterocycles. The Kier molecular flexibility index (Phi) is 3.64. The van der Waals surface area contributed by atoms with E-state index in [1.165, 1.54) is 6.42 Å². The SMILES string of the molecule is CC#CCNC1CCCC1C#N. The summed E-state index contributed by atoms with van der Waals surface area (Å²) in [7, 11) is 0. The second kappa shape index (κ2) is 4.80. The molecule has 1 aliphatic carbocycles. The third-order valence-electron chi connectivity index (χ3n) is 2.31. The lowest BCUT2D eigenvalue weighted by Crippen LogP contribution is -2.31. The Morgan fingerprint density at radius 3 is 3.00 bits per heavy atom. The quantitative estimate of drug-likeness (QED) is 0.621. The van der Waals surface area contributed by atoms with Crippen molar-refractivity contribution in [1.82, 2.24) is 5.32 Å². The number of hydrogen-bond acceptors (Lipinski definition) is 2. The lowest BCUT2D eigenvalue weighted by molar-refractivity contribution is 0.491. The molecule has 0 aromatic heterocycles. The van der Waals surface area contributed by atoms with Gasteiger partial charge in [0.15, 0.2) is 0 Å². The van der Waals surface area contributed by atoms with E-state index in [1.54, 1.807) is 0 Å². The first-order chi connectivity index (χ1) is 5.88. The second-order valence-corrected chi connectivity index (χ2v) is 3.08. The summed E-state index contributed by atoms with van der Waals surface area (Å²) < 4.78 is 0. The van der Waals surface area contributed by atoms with E-state index in [-0.39, 0.29) is 5.92 Å². The molecular weight excluding hydrogens is 148 g/mol. The molecule has 2 nitrogen and oxygen atoms in total. The Hall–Kier alpha value is -0.990. The highest BCUT2D eigenvalue weighted by Gasteiger charge is 2.25. The minimum Gasteiger partial charge on any atom is -0.302 e. The lowest BCUT2D eigenvalue weighted by Gasteiger charge is -2.12. The van der Waals surface area contributed by atoms with Gasteiger partial charge in [-0.1, -0.05) is 12.3 Å². The van der Waals surface area contributed by atoms with Gasteiger partial charge in [0.1, 0.15) is 0 Å². The molecule has 1 fully saturated rings. The minimum atomic E-state index is 0.212. The Morgan fingerprint density at radius 1 is 1.50 bits per heavy atom. The van der Waals surface area contributed by atoms with Crippen molar-refractivity contribution in [1.29, 1.82) is 5.26 Å². The highest BCUT2D eigenvalue weighted by Crippen LogP contribution is 2.24. The molecule has 2 atom stereocenters. The summed E-state index contributed by atoms with van der Waals surface area (Å²) in [4.78, 5) is 0. The van der Waals surface area contributed by atoms with E-state index in [9.17, 15) is 0 Å². The van der Waals surface area contributed by atoms with E-state index in [4.69, 9.17) is 5.26 Å². The maximum atomic E-state index is 8.77. The normalized spacial score (nSPS) is 27.3. The van der Waals surface area contributed by atoms with Crippen molar-refractivity contribution in [3.8, 4) is 17.9 Å². The summed E-state index contributed by atoms with van der Waals surface area (Å²) in [5.74, 6) is 5.99. The average Bonchev–Trinajstić information content (AvgIpc) is 2.52. The zero-order valence-corrected chi connectivity index (χ0v) is 7.43. The Morgan fingerprint density at radius 2 is 2.33 bits per heavy atom. The molecule has 64 valence electrons. The van der Waals surface area contributed by atoms with Crippen LogP contribution in [-0.2, 0) is 0 Å². The van der Waals surface area contributed by atoms with Gasteiger partial charge in [0.25, 0.3) is 0 Å². The molecule has 1 saturated carbocycles. The van der Waals surface area contributed by atoms with E-state index in [0.717, 1.165) is 19.4 Å². The molecule has 0 heterocycles. The van der Waals surface area contributed by atoms with E-state index in [0.29, 0.717) is 6.04 Å². The Balaban J connectivity index is 2.30. The van der Waals surface area contributed by atoms with Crippen LogP contribution in [0.25, 0.3) is 0 Å². The van der Waals surface area contributed by atoms with E-state index in [1.807, 2.05) is 6.92 Å². The third kappa shape index (κ3) is 2.26. The van der Waals surface area contributed by atoms with Gasteiger partial charge in [-0.25, -0.2) is 0 Å². The van der Waals surface area contributed by atoms with Crippen LogP contribution in [0.1, 0.15) is 26.2 Å². The fraction of sp³-hybridized carbons (Fsp3) is 0.700. The van der Waals surface area contributed by atoms with Crippen LogP contribution in [0.2, 0.25) is 0 Å². The van der Waals surface area contributed by atoms with Crippen molar-refractivity contribution in [3.05, 3.63) is 0 Å². The molecule has 12 heavy (non-hydrogen) atoms. The second-order valence-electron chi connectivity index (χ2n) is 3.08. The van der Waals surface area contributed by atoms with Gasteiger partial charge in [-0.2, -0.15) is 5.26 Å². The molecule has 0 aromatic rings. The summed E-state index contributed by atoms with van der Waals surface area (Å²) in [6, 6.07) is 2.72. The summed E-state index contributed by atoms with van der Waals surface area (Å²) in [6.07, 6.45) is 3.35. The fourth-order valence-corrected chi connectivity index (χ4v) is 1.63. The highest BCUT2D eigenvalue weighted by molar-refractivity contribution is 5.01. The predicted octanol–water partition coefficient (Wildman–Crippen LogP) is 1.29. The number of hydrogen-bond donors (Lipinski definition) is 1. The minimum absolute atomic E-state index is 0.212. The van der Waals surface area contributed by atoms with Crippen LogP contribution < -0.4 is 5.32 Å². The smallest absolute Gasteiger partial charge is 0.0672 e. The largest absolute Gasteiger partial charge is 0.302 e. The lowest BCUT2D eigenvalue weighted by atomic mass is 10.1. The molecular formula is C10H14N2. The first-order valence-corrected chi connectivity index (χ1v) is 4.41. The van der Waals surface area contributed by atoms with Gasteiger partial charge >= 0.3 is 0 Å². The van der Waals surface area contributed by atoms with E-state index < -0.39 is 0 Å². The molecule has 2 unspecified atom stereocenters. The maximum Gasteiger partial charge on any atom is 0.0672 e. The first kappa shape index (κ1) is 9.10. The molecule has 0 bridgehead atoms. The summed E-state index contributed by atoms with van der Waals surface area (Å²) in [5, 5.41) is 12.1. The topological polar surface area (TPSA) is 35.8 Å². The van der Waals surface area contributed by atoms with Crippen LogP contribution in [0.5, 0.6) is 0 Å². The number of nitrogens with zero attached hydrogens (tertiary/aromatic N) is 1. The Bertz CT molecular complexity index is 228. The van der Waals surface area contributed by atoms with E-state index >= 15 is 0 Å². The predicted molar refractivity (Wildman–Crippen MR) is 48.2 cm³/mol. The van der Waals surface area contributed by atoms with Gasteiger partial charge in [0.05, 0.1) is 18.5 Å². The summed E-state index contributed by atoms with van der Waals surface area (Å²) in [6.45, 7) is 2.55. The van der Waals surface area contributed by atoms with Crippen molar-refractivity contribution < 1.29 is 0 Å². The number of nitrogens with one attached hydrogen (secondary N) is 1. The van der Waals surface area contributed by atoms with E-state index in [2.05, 4.69) is 23.2 Å².